The summed E-state index contributed by atoms with van der Waals surface area (Å²) < 4.78 is 5.19. The van der Waals surface area contributed by atoms with Crippen LogP contribution in [0.2, 0.25) is 0 Å². The van der Waals surface area contributed by atoms with Gasteiger partial charge in [0.15, 0.2) is 0 Å². The zero-order chi connectivity index (χ0) is 17.8. The predicted octanol–water partition coefficient (Wildman–Crippen LogP) is 3.42. The maximum absolute atomic E-state index is 12.3. The zero-order valence-electron chi connectivity index (χ0n) is 14.4. The minimum absolute atomic E-state index is 0. The van der Waals surface area contributed by atoms with E-state index in [0.717, 1.165) is 22.9 Å². The van der Waals surface area contributed by atoms with Crippen LogP contribution in [0.1, 0.15) is 17.5 Å². The molecule has 1 amide bonds. The van der Waals surface area contributed by atoms with Gasteiger partial charge in [-0.05, 0) is 43.0 Å². The summed E-state index contributed by atoms with van der Waals surface area (Å²) in [7, 11) is 0. The van der Waals surface area contributed by atoms with Crippen molar-refractivity contribution < 1.29 is 9.21 Å². The molecule has 1 aromatic heterocycles. The fraction of sp³-hybridized carbons (Fsp3) is 0.200. The number of carbonyl (C=O) groups is 1. The number of hydrogen-bond acceptors (Lipinski definition) is 4. The molecule has 0 bridgehead atoms. The standard InChI is InChI=1S/C20H20N2O3.ClH/c1-13-11-19(23)25-18-12-15(8-9-16(13)18)22-20(24)17(21)10-7-14-5-3-2-4-6-14;/h2-6,8-9,11-12,17H,7,10,21H2,1H3,(H,22,24);1H/t17-;/m0./s1. The number of amides is 1. The van der Waals surface area contributed by atoms with E-state index in [1.54, 1.807) is 12.1 Å². The number of nitrogens with one attached hydrogen (secondary N) is 1. The Bertz CT molecular complexity index is 954. The molecule has 0 saturated heterocycles. The van der Waals surface area contributed by atoms with Crippen LogP contribution in [0, 0.1) is 6.92 Å². The molecular weight excluding hydrogens is 352 g/mol. The summed E-state index contributed by atoms with van der Waals surface area (Å²) in [6, 6.07) is 16.0. The van der Waals surface area contributed by atoms with Crippen molar-refractivity contribution in [1.82, 2.24) is 0 Å². The van der Waals surface area contributed by atoms with Gasteiger partial charge in [0, 0.05) is 23.2 Å². The average Bonchev–Trinajstić information content (AvgIpc) is 2.60. The molecule has 2 aromatic carbocycles. The fourth-order valence-corrected chi connectivity index (χ4v) is 2.74. The number of hydrogen-bond donors (Lipinski definition) is 2. The van der Waals surface area contributed by atoms with E-state index in [0.29, 0.717) is 17.7 Å². The molecule has 5 nitrogen and oxygen atoms in total. The summed E-state index contributed by atoms with van der Waals surface area (Å²) in [6.45, 7) is 1.84. The highest BCUT2D eigenvalue weighted by molar-refractivity contribution is 5.96. The van der Waals surface area contributed by atoms with E-state index in [1.807, 2.05) is 43.3 Å². The Hall–Kier alpha value is -2.63. The van der Waals surface area contributed by atoms with Crippen LogP contribution >= 0.6 is 12.4 Å². The van der Waals surface area contributed by atoms with Gasteiger partial charge in [-0.1, -0.05) is 30.3 Å². The number of rotatable bonds is 5. The Labute approximate surface area is 157 Å². The largest absolute Gasteiger partial charge is 0.423 e. The number of benzene rings is 2. The topological polar surface area (TPSA) is 85.3 Å². The molecule has 0 fully saturated rings. The maximum atomic E-state index is 12.3. The van der Waals surface area contributed by atoms with E-state index in [1.165, 1.54) is 6.07 Å². The first kappa shape index (κ1) is 19.7. The molecule has 6 heteroatoms. The molecule has 3 rings (SSSR count). The number of aryl methyl sites for hydroxylation is 2. The van der Waals surface area contributed by atoms with E-state index < -0.39 is 11.7 Å². The molecule has 0 aliphatic heterocycles. The van der Waals surface area contributed by atoms with Crippen molar-refractivity contribution in [3.8, 4) is 0 Å². The van der Waals surface area contributed by atoms with Crippen LogP contribution in [0.15, 0.2) is 63.8 Å². The first-order valence-electron chi connectivity index (χ1n) is 8.18. The molecule has 1 atom stereocenters. The van der Waals surface area contributed by atoms with Crippen LogP contribution in [-0.4, -0.2) is 11.9 Å². The van der Waals surface area contributed by atoms with Gasteiger partial charge in [-0.2, -0.15) is 0 Å². The molecule has 136 valence electrons. The molecule has 3 N–H and O–H groups in total. The van der Waals surface area contributed by atoms with Crippen molar-refractivity contribution in [2.45, 2.75) is 25.8 Å². The van der Waals surface area contributed by atoms with Crippen molar-refractivity contribution in [1.29, 1.82) is 0 Å². The third-order valence-corrected chi connectivity index (χ3v) is 4.14. The maximum Gasteiger partial charge on any atom is 0.336 e. The van der Waals surface area contributed by atoms with Crippen LogP contribution in [0.5, 0.6) is 0 Å². The molecule has 3 aromatic rings. The van der Waals surface area contributed by atoms with Gasteiger partial charge in [0.2, 0.25) is 5.91 Å². The smallest absolute Gasteiger partial charge is 0.336 e. The van der Waals surface area contributed by atoms with E-state index in [4.69, 9.17) is 10.2 Å². The normalized spacial score (nSPS) is 11.6. The quantitative estimate of drug-likeness (QED) is 0.672. The molecular formula is C20H21ClN2O3. The Balaban J connectivity index is 0.00000243. The van der Waals surface area contributed by atoms with E-state index in [-0.39, 0.29) is 18.3 Å². The number of halogens is 1. The number of anilines is 1. The van der Waals surface area contributed by atoms with Gasteiger partial charge in [-0.15, -0.1) is 12.4 Å². The number of nitrogens with two attached hydrogens (primary N) is 1. The number of carbonyl (C=O) groups excluding carboxylic acids is 1. The predicted molar refractivity (Wildman–Crippen MR) is 106 cm³/mol. The lowest BCUT2D eigenvalue weighted by Gasteiger charge is -2.13. The van der Waals surface area contributed by atoms with E-state index in [9.17, 15) is 9.59 Å². The first-order valence-corrected chi connectivity index (χ1v) is 8.18. The van der Waals surface area contributed by atoms with Gasteiger partial charge in [0.1, 0.15) is 5.58 Å². The lowest BCUT2D eigenvalue weighted by atomic mass is 10.1. The molecule has 0 saturated carbocycles. The second-order valence-corrected chi connectivity index (χ2v) is 6.08. The van der Waals surface area contributed by atoms with Crippen molar-refractivity contribution in [2.75, 3.05) is 5.32 Å². The Kier molecular flexibility index (Phi) is 6.55. The molecule has 0 aliphatic rings. The monoisotopic (exact) mass is 372 g/mol. The van der Waals surface area contributed by atoms with Crippen molar-refractivity contribution in [3.63, 3.8) is 0 Å². The van der Waals surface area contributed by atoms with E-state index in [2.05, 4.69) is 5.32 Å². The van der Waals surface area contributed by atoms with E-state index >= 15 is 0 Å². The van der Waals surface area contributed by atoms with Gasteiger partial charge in [0.05, 0.1) is 6.04 Å². The first-order chi connectivity index (χ1) is 12.0. The number of fused-ring (bicyclic) bond motifs is 1. The van der Waals surface area contributed by atoms with Gasteiger partial charge in [0.25, 0.3) is 0 Å². The average molecular weight is 373 g/mol. The third-order valence-electron chi connectivity index (χ3n) is 4.14. The van der Waals surface area contributed by atoms with Crippen LogP contribution < -0.4 is 16.7 Å². The summed E-state index contributed by atoms with van der Waals surface area (Å²) in [4.78, 5) is 23.8. The van der Waals surface area contributed by atoms with Crippen LogP contribution in [0.25, 0.3) is 11.0 Å². The highest BCUT2D eigenvalue weighted by atomic mass is 35.5. The summed E-state index contributed by atoms with van der Waals surface area (Å²) >= 11 is 0. The Morgan fingerprint density at radius 3 is 2.62 bits per heavy atom. The second kappa shape index (κ2) is 8.65. The van der Waals surface area contributed by atoms with Crippen LogP contribution in [0.3, 0.4) is 0 Å². The van der Waals surface area contributed by atoms with Gasteiger partial charge in [-0.25, -0.2) is 4.79 Å². The molecule has 0 spiro atoms. The molecule has 0 unspecified atom stereocenters. The minimum Gasteiger partial charge on any atom is -0.423 e. The second-order valence-electron chi connectivity index (χ2n) is 6.08. The molecule has 0 aliphatic carbocycles. The summed E-state index contributed by atoms with van der Waals surface area (Å²) in [5.74, 6) is -0.259. The lowest BCUT2D eigenvalue weighted by Crippen LogP contribution is -2.36. The minimum atomic E-state index is -0.611. The highest BCUT2D eigenvalue weighted by Gasteiger charge is 2.14. The molecule has 26 heavy (non-hydrogen) atoms. The van der Waals surface area contributed by atoms with Gasteiger partial charge < -0.3 is 15.5 Å². The van der Waals surface area contributed by atoms with Crippen LogP contribution in [-0.2, 0) is 11.2 Å². The Morgan fingerprint density at radius 1 is 1.15 bits per heavy atom. The van der Waals surface area contributed by atoms with Gasteiger partial charge >= 0.3 is 5.63 Å². The van der Waals surface area contributed by atoms with Crippen molar-refractivity contribution in [3.05, 3.63) is 76.1 Å². The molecule has 0 radical (unpaired) electrons. The summed E-state index contributed by atoms with van der Waals surface area (Å²) in [6.07, 6.45) is 1.29. The van der Waals surface area contributed by atoms with Crippen molar-refractivity contribution in [2.24, 2.45) is 5.73 Å². The summed E-state index contributed by atoms with van der Waals surface area (Å²) in [5.41, 5.74) is 8.56. The zero-order valence-corrected chi connectivity index (χ0v) is 15.2. The van der Waals surface area contributed by atoms with Crippen molar-refractivity contribution >= 4 is 35.0 Å². The Morgan fingerprint density at radius 2 is 1.88 bits per heavy atom. The SMILES string of the molecule is Cc1cc(=O)oc2cc(NC(=O)[C@@H](N)CCc3ccccc3)ccc12.Cl. The molecule has 1 heterocycles. The summed E-state index contributed by atoms with van der Waals surface area (Å²) in [5, 5.41) is 3.62. The highest BCUT2D eigenvalue weighted by Crippen LogP contribution is 2.21. The lowest BCUT2D eigenvalue weighted by molar-refractivity contribution is -0.117. The van der Waals surface area contributed by atoms with Crippen LogP contribution in [0.4, 0.5) is 5.69 Å². The fourth-order valence-electron chi connectivity index (χ4n) is 2.74. The van der Waals surface area contributed by atoms with Gasteiger partial charge in [-0.3, -0.25) is 4.79 Å². The third kappa shape index (κ3) is 4.71.